The molecule has 3 rings (SSSR count). The van der Waals surface area contributed by atoms with Gasteiger partial charge >= 0.3 is 0 Å². The summed E-state index contributed by atoms with van der Waals surface area (Å²) in [6, 6.07) is 15.8. The predicted molar refractivity (Wildman–Crippen MR) is 68.3 cm³/mol. The molecule has 0 N–H and O–H groups in total. The van der Waals surface area contributed by atoms with Gasteiger partial charge in [0.2, 0.25) is 12.0 Å². The third-order valence-electron chi connectivity index (χ3n) is 2.95. The summed E-state index contributed by atoms with van der Waals surface area (Å²) < 4.78 is 14.1. The van der Waals surface area contributed by atoms with E-state index in [-0.39, 0.29) is 5.71 Å². The largest absolute Gasteiger partial charge is 0.290 e. The highest BCUT2D eigenvalue weighted by Gasteiger charge is 2.31. The van der Waals surface area contributed by atoms with E-state index in [0.717, 1.165) is 0 Å². The van der Waals surface area contributed by atoms with Gasteiger partial charge in [0.15, 0.2) is 0 Å². The fourth-order valence-corrected chi connectivity index (χ4v) is 2.05. The van der Waals surface area contributed by atoms with Gasteiger partial charge in [-0.25, -0.2) is 9.38 Å². The van der Waals surface area contributed by atoms with Gasteiger partial charge in [0.1, 0.15) is 0 Å². The van der Waals surface area contributed by atoms with Crippen LogP contribution in [0.4, 0.5) is 10.1 Å². The molecule has 0 aliphatic carbocycles. The van der Waals surface area contributed by atoms with Crippen molar-refractivity contribution >= 4 is 17.2 Å². The van der Waals surface area contributed by atoms with Crippen molar-refractivity contribution in [3.05, 3.63) is 65.7 Å². The Bertz CT molecular complexity index is 634. The van der Waals surface area contributed by atoms with E-state index in [9.17, 15) is 9.18 Å². The van der Waals surface area contributed by atoms with Gasteiger partial charge in [0.25, 0.3) is 0 Å². The number of Topliss-reactive ketones (excluding diaryl/α,β-unsaturated/α-hetero) is 1. The van der Waals surface area contributed by atoms with E-state index in [2.05, 4.69) is 4.99 Å². The molecule has 1 aliphatic rings. The Labute approximate surface area is 104 Å². The molecule has 1 unspecified atom stereocenters. The van der Waals surface area contributed by atoms with Crippen molar-refractivity contribution in [1.29, 1.82) is 0 Å². The van der Waals surface area contributed by atoms with Gasteiger partial charge < -0.3 is 0 Å². The van der Waals surface area contributed by atoms with Crippen LogP contribution in [0, 0.1) is 0 Å². The fourth-order valence-electron chi connectivity index (χ4n) is 2.05. The Morgan fingerprint density at radius 2 is 1.61 bits per heavy atom. The van der Waals surface area contributed by atoms with Crippen LogP contribution in [0.25, 0.3) is 0 Å². The molecule has 0 spiro atoms. The number of aliphatic imine (C=N–C) groups is 1. The summed E-state index contributed by atoms with van der Waals surface area (Å²) in [4.78, 5) is 16.2. The molecule has 0 saturated heterocycles. The van der Waals surface area contributed by atoms with E-state index >= 15 is 0 Å². The van der Waals surface area contributed by atoms with Crippen molar-refractivity contribution in [2.45, 2.75) is 6.17 Å². The van der Waals surface area contributed by atoms with Gasteiger partial charge in [-0.3, -0.25) is 4.79 Å². The molecule has 2 nitrogen and oxygen atoms in total. The molecule has 0 bridgehead atoms. The third-order valence-corrected chi connectivity index (χ3v) is 2.95. The van der Waals surface area contributed by atoms with Gasteiger partial charge in [-0.15, -0.1) is 0 Å². The Balaban J connectivity index is 2.17. The molecule has 0 radical (unpaired) electrons. The zero-order valence-corrected chi connectivity index (χ0v) is 9.51. The van der Waals surface area contributed by atoms with Crippen LogP contribution in [0.2, 0.25) is 0 Å². The fraction of sp³-hybridized carbons (Fsp3) is 0.0667. The SMILES string of the molecule is O=C1c2ccccc2N=C(c2ccccc2)C1F. The molecule has 88 valence electrons. The van der Waals surface area contributed by atoms with Crippen LogP contribution >= 0.6 is 0 Å². The van der Waals surface area contributed by atoms with E-state index in [4.69, 9.17) is 0 Å². The topological polar surface area (TPSA) is 29.4 Å². The predicted octanol–water partition coefficient (Wildman–Crippen LogP) is 3.34. The number of carbonyl (C=O) groups is 1. The summed E-state index contributed by atoms with van der Waals surface area (Å²) in [5, 5.41) is 0. The molecule has 1 atom stereocenters. The van der Waals surface area contributed by atoms with Crippen molar-refractivity contribution in [3.63, 3.8) is 0 Å². The third kappa shape index (κ3) is 1.64. The number of fused-ring (bicyclic) bond motifs is 1. The quantitative estimate of drug-likeness (QED) is 0.750. The zero-order chi connectivity index (χ0) is 12.5. The smallest absolute Gasteiger partial charge is 0.205 e. The lowest BCUT2D eigenvalue weighted by Crippen LogP contribution is -2.29. The molecule has 1 aliphatic heterocycles. The van der Waals surface area contributed by atoms with Crippen LogP contribution in [0.5, 0.6) is 0 Å². The Hall–Kier alpha value is -2.29. The first kappa shape index (κ1) is 10.8. The Morgan fingerprint density at radius 3 is 2.39 bits per heavy atom. The zero-order valence-electron chi connectivity index (χ0n) is 9.51. The van der Waals surface area contributed by atoms with Crippen molar-refractivity contribution in [2.24, 2.45) is 4.99 Å². The average molecular weight is 239 g/mol. The van der Waals surface area contributed by atoms with Gasteiger partial charge in [0, 0.05) is 5.56 Å². The maximum absolute atomic E-state index is 14.1. The van der Waals surface area contributed by atoms with E-state index in [1.807, 2.05) is 6.07 Å². The Morgan fingerprint density at radius 1 is 0.944 bits per heavy atom. The highest BCUT2D eigenvalue weighted by atomic mass is 19.1. The van der Waals surface area contributed by atoms with Crippen LogP contribution in [-0.2, 0) is 0 Å². The number of para-hydroxylation sites is 1. The molecule has 3 heteroatoms. The molecule has 1 heterocycles. The molecular formula is C15H10FNO. The lowest BCUT2D eigenvalue weighted by molar-refractivity contribution is 0.0924. The second-order valence-corrected chi connectivity index (χ2v) is 4.11. The van der Waals surface area contributed by atoms with Crippen molar-refractivity contribution in [2.75, 3.05) is 0 Å². The van der Waals surface area contributed by atoms with Crippen molar-refractivity contribution in [1.82, 2.24) is 0 Å². The minimum absolute atomic E-state index is 0.194. The van der Waals surface area contributed by atoms with Gasteiger partial charge in [-0.05, 0) is 17.7 Å². The summed E-state index contributed by atoms with van der Waals surface area (Å²) >= 11 is 0. The number of halogens is 1. The van der Waals surface area contributed by atoms with E-state index in [1.54, 1.807) is 48.5 Å². The molecule has 0 fully saturated rings. The molecule has 0 amide bonds. The number of alkyl halides is 1. The lowest BCUT2D eigenvalue weighted by Gasteiger charge is -2.18. The highest BCUT2D eigenvalue weighted by molar-refractivity contribution is 6.25. The summed E-state index contributed by atoms with van der Waals surface area (Å²) in [5.74, 6) is -0.514. The first-order chi connectivity index (χ1) is 8.77. The summed E-state index contributed by atoms with van der Waals surface area (Å²) in [7, 11) is 0. The van der Waals surface area contributed by atoms with Gasteiger partial charge in [0.05, 0.1) is 11.4 Å². The number of nitrogens with zero attached hydrogens (tertiary/aromatic N) is 1. The van der Waals surface area contributed by atoms with E-state index < -0.39 is 12.0 Å². The van der Waals surface area contributed by atoms with Crippen LogP contribution < -0.4 is 0 Å². The van der Waals surface area contributed by atoms with Crippen LogP contribution in [0.15, 0.2) is 59.6 Å². The van der Waals surface area contributed by atoms with Crippen LogP contribution in [-0.4, -0.2) is 17.7 Å². The van der Waals surface area contributed by atoms with Gasteiger partial charge in [-0.1, -0.05) is 42.5 Å². The number of hydrogen-bond acceptors (Lipinski definition) is 2. The standard InChI is InChI=1S/C15H10FNO/c16-13-14(10-6-2-1-3-7-10)17-12-9-5-4-8-11(12)15(13)18/h1-9,13H. The summed E-state index contributed by atoms with van der Waals surface area (Å²) in [5.41, 5.74) is 1.73. The second-order valence-electron chi connectivity index (χ2n) is 4.11. The summed E-state index contributed by atoms with van der Waals surface area (Å²) in [6.07, 6.45) is -1.68. The minimum atomic E-state index is -1.68. The number of carbonyl (C=O) groups excluding carboxylic acids is 1. The monoisotopic (exact) mass is 239 g/mol. The van der Waals surface area contributed by atoms with E-state index in [1.165, 1.54) is 0 Å². The van der Waals surface area contributed by atoms with Crippen LogP contribution in [0.1, 0.15) is 15.9 Å². The first-order valence-corrected chi connectivity index (χ1v) is 5.68. The van der Waals surface area contributed by atoms with Crippen molar-refractivity contribution in [3.8, 4) is 0 Å². The molecule has 0 aromatic heterocycles. The molecule has 0 saturated carbocycles. The minimum Gasteiger partial charge on any atom is -0.290 e. The normalized spacial score (nSPS) is 18.2. The maximum atomic E-state index is 14.1. The van der Waals surface area contributed by atoms with Crippen LogP contribution in [0.3, 0.4) is 0 Å². The van der Waals surface area contributed by atoms with E-state index in [0.29, 0.717) is 16.8 Å². The number of ketones is 1. The molecule has 2 aromatic carbocycles. The number of rotatable bonds is 1. The first-order valence-electron chi connectivity index (χ1n) is 5.68. The highest BCUT2D eigenvalue weighted by Crippen LogP contribution is 2.28. The summed E-state index contributed by atoms with van der Waals surface area (Å²) in [6.45, 7) is 0. The molecule has 18 heavy (non-hydrogen) atoms. The lowest BCUT2D eigenvalue weighted by atomic mass is 9.94. The molecular weight excluding hydrogens is 229 g/mol. The second kappa shape index (κ2) is 4.18. The molecule has 2 aromatic rings. The van der Waals surface area contributed by atoms with Crippen molar-refractivity contribution < 1.29 is 9.18 Å². The van der Waals surface area contributed by atoms with Gasteiger partial charge in [-0.2, -0.15) is 0 Å². The average Bonchev–Trinajstić information content (AvgIpc) is 2.44. The number of benzene rings is 2. The Kier molecular flexibility index (Phi) is 2.52. The number of hydrogen-bond donors (Lipinski definition) is 0. The maximum Gasteiger partial charge on any atom is 0.205 e.